The third-order valence-electron chi connectivity index (χ3n) is 16.6. The molecular formula is C61H71BN2Si. The molecule has 2 aliphatic heterocycles. The topological polar surface area (TPSA) is 6.48 Å². The van der Waals surface area contributed by atoms with Gasteiger partial charge in [-0.05, 0) is 171 Å². The quantitative estimate of drug-likeness (QED) is 0.159. The van der Waals surface area contributed by atoms with Crippen molar-refractivity contribution in [3.63, 3.8) is 0 Å². The molecule has 4 aliphatic carbocycles. The van der Waals surface area contributed by atoms with E-state index in [4.69, 9.17) is 0 Å². The smallest absolute Gasteiger partial charge is 0.252 e. The summed E-state index contributed by atoms with van der Waals surface area (Å²) in [6.45, 7) is 28.8. The van der Waals surface area contributed by atoms with E-state index in [0.29, 0.717) is 0 Å². The van der Waals surface area contributed by atoms with Gasteiger partial charge in [-0.1, -0.05) is 160 Å². The summed E-state index contributed by atoms with van der Waals surface area (Å²) in [6, 6.07) is 49.0. The average Bonchev–Trinajstić information content (AvgIpc) is 3.24. The fourth-order valence-electron chi connectivity index (χ4n) is 13.4. The normalized spacial score (nSPS) is 22.2. The Hall–Kier alpha value is -4.80. The fourth-order valence-corrected chi connectivity index (χ4v) is 14.5. The Balaban J connectivity index is 1.27. The lowest BCUT2D eigenvalue weighted by Gasteiger charge is -2.57. The van der Waals surface area contributed by atoms with Crippen molar-refractivity contribution in [2.45, 2.75) is 142 Å². The summed E-state index contributed by atoms with van der Waals surface area (Å²) in [5.74, 6) is 2.55. The highest BCUT2D eigenvalue weighted by Gasteiger charge is 2.53. The lowest BCUT2D eigenvalue weighted by atomic mass is 9.33. The number of benzene rings is 6. The first-order valence-corrected chi connectivity index (χ1v) is 28.5. The van der Waals surface area contributed by atoms with Gasteiger partial charge in [-0.2, -0.15) is 0 Å². The number of nitrogens with zero attached hydrogens (tertiary/aromatic N) is 2. The number of hydrogen-bond acceptors (Lipinski definition) is 2. The molecule has 4 saturated carbocycles. The van der Waals surface area contributed by atoms with Gasteiger partial charge in [0.2, 0.25) is 0 Å². The molecule has 6 aromatic rings. The zero-order chi connectivity index (χ0) is 45.6. The zero-order valence-corrected chi connectivity index (χ0v) is 42.5. The van der Waals surface area contributed by atoms with Crippen LogP contribution >= 0.6 is 0 Å². The van der Waals surface area contributed by atoms with E-state index in [-0.39, 0.29) is 28.4 Å². The Kier molecular flexibility index (Phi) is 9.62. The fraction of sp³-hybridized carbons (Fsp3) is 0.410. The van der Waals surface area contributed by atoms with E-state index in [2.05, 4.69) is 213 Å². The molecule has 4 heteroatoms. The molecule has 0 spiro atoms. The van der Waals surface area contributed by atoms with Gasteiger partial charge in [0, 0.05) is 34.0 Å². The lowest BCUT2D eigenvalue weighted by molar-refractivity contribution is -0.00514. The third-order valence-corrected chi connectivity index (χ3v) is 18.7. The molecular weight excluding hydrogens is 800 g/mol. The van der Waals surface area contributed by atoms with Gasteiger partial charge in [-0.25, -0.2) is 0 Å². The third kappa shape index (κ3) is 7.10. The standard InChI is InChI=1S/C61H71BN2Si/c1-58(2,3)43-18-22-47(23-19-43)63-53-27-21-45(60(7,8)9)32-51(53)62-50-25-24-48(65(10,11)12)35-54(50)64(52-26-20-44(59(4,5)6)31-49(52)42-16-14-13-15-17-42)56-34-46(33-55(63)57(56)62)61-36-39-28-40(37-61)30-41(29-39)38-61/h13-27,31-35,39-41H,28-30,36-38H2,1-12H3. The second-order valence-electron chi connectivity index (χ2n) is 25.4. The van der Waals surface area contributed by atoms with Crippen LogP contribution in [0.3, 0.4) is 0 Å². The van der Waals surface area contributed by atoms with E-state index in [9.17, 15) is 0 Å². The molecule has 0 atom stereocenters. The number of hydrogen-bond donors (Lipinski definition) is 0. The summed E-state index contributed by atoms with van der Waals surface area (Å²) in [6.07, 6.45) is 8.31. The first-order chi connectivity index (χ1) is 30.7. The van der Waals surface area contributed by atoms with Gasteiger partial charge in [0.1, 0.15) is 0 Å². The van der Waals surface area contributed by atoms with Crippen LogP contribution in [0.25, 0.3) is 11.1 Å². The summed E-state index contributed by atoms with van der Waals surface area (Å²) in [5.41, 5.74) is 20.8. The van der Waals surface area contributed by atoms with Crippen LogP contribution in [0, 0.1) is 17.8 Å². The molecule has 2 nitrogen and oxygen atoms in total. The maximum absolute atomic E-state index is 2.77. The van der Waals surface area contributed by atoms with Gasteiger partial charge in [0.15, 0.2) is 0 Å². The molecule has 6 aromatic carbocycles. The molecule has 0 aromatic heterocycles. The van der Waals surface area contributed by atoms with Crippen LogP contribution in [0.1, 0.15) is 123 Å². The van der Waals surface area contributed by atoms with Crippen molar-refractivity contribution < 1.29 is 0 Å². The van der Waals surface area contributed by atoms with Gasteiger partial charge in [0.05, 0.1) is 13.8 Å². The van der Waals surface area contributed by atoms with Crippen LogP contribution < -0.4 is 31.4 Å². The van der Waals surface area contributed by atoms with Crippen molar-refractivity contribution in [2.75, 3.05) is 9.80 Å². The monoisotopic (exact) mass is 871 g/mol. The summed E-state index contributed by atoms with van der Waals surface area (Å²) in [7, 11) is -1.73. The maximum Gasteiger partial charge on any atom is 0.252 e. The molecule has 65 heavy (non-hydrogen) atoms. The Bertz CT molecular complexity index is 2810. The second-order valence-corrected chi connectivity index (χ2v) is 30.5. The van der Waals surface area contributed by atoms with Crippen LogP contribution in [0.4, 0.5) is 34.1 Å². The van der Waals surface area contributed by atoms with Gasteiger partial charge >= 0.3 is 0 Å². The van der Waals surface area contributed by atoms with Crippen LogP contribution in [0.2, 0.25) is 19.6 Å². The van der Waals surface area contributed by atoms with E-state index in [1.165, 1.54) is 122 Å². The SMILES string of the molecule is CC(C)(C)c1ccc(N2c3ccc(C(C)(C)C)cc3B3c4ccc([Si](C)(C)C)cc4N(c4ccc(C(C)(C)C)cc4-c4ccccc4)c4cc(C56CC7CC(CC(C7)C5)C6)cc2c43)cc1. The van der Waals surface area contributed by atoms with Gasteiger partial charge in [0.25, 0.3) is 6.71 Å². The molecule has 0 radical (unpaired) electrons. The van der Waals surface area contributed by atoms with Crippen LogP contribution in [-0.4, -0.2) is 14.8 Å². The molecule has 0 amide bonds. The first kappa shape index (κ1) is 42.8. The van der Waals surface area contributed by atoms with Gasteiger partial charge < -0.3 is 9.80 Å². The van der Waals surface area contributed by atoms with Gasteiger partial charge in [-0.15, -0.1) is 0 Å². The summed E-state index contributed by atoms with van der Waals surface area (Å²) < 4.78 is 0. The summed E-state index contributed by atoms with van der Waals surface area (Å²) in [5, 5.41) is 1.51. The lowest BCUT2D eigenvalue weighted by Crippen LogP contribution is -2.62. The largest absolute Gasteiger partial charge is 0.311 e. The predicted molar refractivity (Wildman–Crippen MR) is 285 cm³/mol. The van der Waals surface area contributed by atoms with Crippen LogP contribution in [0.5, 0.6) is 0 Å². The molecule has 4 bridgehead atoms. The van der Waals surface area contributed by atoms with Crippen molar-refractivity contribution >= 4 is 70.5 Å². The second kappa shape index (κ2) is 14.6. The van der Waals surface area contributed by atoms with E-state index >= 15 is 0 Å². The zero-order valence-electron chi connectivity index (χ0n) is 41.5. The van der Waals surface area contributed by atoms with E-state index < -0.39 is 8.07 Å². The van der Waals surface area contributed by atoms with Crippen LogP contribution in [-0.2, 0) is 21.7 Å². The number of fused-ring (bicyclic) bond motifs is 4. The minimum absolute atomic E-state index is 0.00426. The number of anilines is 6. The Morgan fingerprint density at radius 3 is 1.60 bits per heavy atom. The van der Waals surface area contributed by atoms with Crippen molar-refractivity contribution in [3.8, 4) is 11.1 Å². The maximum atomic E-state index is 2.77. The van der Waals surface area contributed by atoms with E-state index in [0.717, 1.165) is 17.8 Å². The molecule has 0 unspecified atom stereocenters. The molecule has 6 aliphatic rings. The molecule has 0 saturated heterocycles. The van der Waals surface area contributed by atoms with Crippen molar-refractivity contribution in [2.24, 2.45) is 17.8 Å². The highest BCUT2D eigenvalue weighted by Crippen LogP contribution is 2.62. The minimum Gasteiger partial charge on any atom is -0.311 e. The highest BCUT2D eigenvalue weighted by atomic mass is 28.3. The summed E-state index contributed by atoms with van der Waals surface area (Å²) in [4.78, 5) is 5.46. The van der Waals surface area contributed by atoms with Gasteiger partial charge in [-0.3, -0.25) is 0 Å². The van der Waals surface area contributed by atoms with Crippen LogP contribution in [0.15, 0.2) is 121 Å². The Morgan fingerprint density at radius 1 is 0.492 bits per heavy atom. The molecule has 332 valence electrons. The molecule has 4 fully saturated rings. The highest BCUT2D eigenvalue weighted by molar-refractivity contribution is 7.00. The first-order valence-electron chi connectivity index (χ1n) is 25.0. The molecule has 2 heterocycles. The van der Waals surface area contributed by atoms with E-state index in [1.54, 1.807) is 5.56 Å². The summed E-state index contributed by atoms with van der Waals surface area (Å²) >= 11 is 0. The van der Waals surface area contributed by atoms with E-state index in [1.807, 2.05) is 0 Å². The minimum atomic E-state index is -1.73. The van der Waals surface area contributed by atoms with Crippen molar-refractivity contribution in [3.05, 3.63) is 144 Å². The number of rotatable bonds is 5. The predicted octanol–water partition coefficient (Wildman–Crippen LogP) is 14.3. The Labute approximate surface area is 393 Å². The van der Waals surface area contributed by atoms with Crippen molar-refractivity contribution in [1.29, 1.82) is 0 Å². The van der Waals surface area contributed by atoms with Crippen molar-refractivity contribution in [1.82, 2.24) is 0 Å². The molecule has 12 rings (SSSR count). The Morgan fingerprint density at radius 2 is 1.03 bits per heavy atom. The molecule has 0 N–H and O–H groups in total. The average molecular weight is 871 g/mol.